The Morgan fingerprint density at radius 2 is 2.06 bits per heavy atom. The maximum atomic E-state index is 12.4. The van der Waals surface area contributed by atoms with Gasteiger partial charge in [0.2, 0.25) is 0 Å². The van der Waals surface area contributed by atoms with Gasteiger partial charge in [-0.25, -0.2) is 8.78 Å². The molecule has 0 heterocycles. The molecule has 4 heteroatoms. The van der Waals surface area contributed by atoms with Crippen LogP contribution in [0.2, 0.25) is 0 Å². The molecule has 0 amide bonds. The highest BCUT2D eigenvalue weighted by Crippen LogP contribution is 2.37. The molecule has 1 aliphatic rings. The lowest BCUT2D eigenvalue weighted by Crippen LogP contribution is -2.53. The number of alkyl halides is 2. The zero-order valence-corrected chi connectivity index (χ0v) is 10.8. The van der Waals surface area contributed by atoms with E-state index in [1.165, 1.54) is 0 Å². The molecular formula is C12H24F2N2. The Morgan fingerprint density at radius 1 is 1.44 bits per heavy atom. The topological polar surface area (TPSA) is 15.3 Å². The van der Waals surface area contributed by atoms with Crippen LogP contribution in [-0.2, 0) is 0 Å². The molecule has 0 aromatic rings. The molecule has 2 atom stereocenters. The standard InChI is InChI=1S/C12H24F2N2/c1-12(2)6-5-9(15-3)10(7-12)16(4)8-11(13)14/h9-11,15H,5-8H2,1-4H3. The number of halogens is 2. The highest BCUT2D eigenvalue weighted by atomic mass is 19.3. The summed E-state index contributed by atoms with van der Waals surface area (Å²) in [6, 6.07) is 0.569. The average molecular weight is 234 g/mol. The first-order valence-corrected chi connectivity index (χ1v) is 6.01. The Kier molecular flexibility index (Phi) is 4.68. The largest absolute Gasteiger partial charge is 0.315 e. The van der Waals surface area contributed by atoms with Crippen LogP contribution < -0.4 is 5.32 Å². The molecule has 1 fully saturated rings. The zero-order valence-electron chi connectivity index (χ0n) is 10.8. The smallest absolute Gasteiger partial charge is 0.251 e. The number of nitrogens with one attached hydrogen (secondary N) is 1. The second-order valence-electron chi connectivity index (χ2n) is 5.70. The van der Waals surface area contributed by atoms with Crippen molar-refractivity contribution in [2.75, 3.05) is 20.6 Å². The minimum atomic E-state index is -2.24. The fourth-order valence-electron chi connectivity index (χ4n) is 2.70. The van der Waals surface area contributed by atoms with E-state index in [9.17, 15) is 8.78 Å². The number of rotatable bonds is 4. The van der Waals surface area contributed by atoms with E-state index >= 15 is 0 Å². The Morgan fingerprint density at radius 3 is 2.56 bits per heavy atom. The van der Waals surface area contributed by atoms with Crippen LogP contribution in [0.3, 0.4) is 0 Å². The van der Waals surface area contributed by atoms with Crippen LogP contribution in [0.1, 0.15) is 33.1 Å². The summed E-state index contributed by atoms with van der Waals surface area (Å²) in [4.78, 5) is 1.81. The van der Waals surface area contributed by atoms with Gasteiger partial charge in [-0.2, -0.15) is 0 Å². The van der Waals surface area contributed by atoms with Gasteiger partial charge in [0.1, 0.15) is 0 Å². The SMILES string of the molecule is CNC1CCC(C)(C)CC1N(C)CC(F)F. The van der Waals surface area contributed by atoms with Crippen LogP contribution in [0.5, 0.6) is 0 Å². The molecule has 0 radical (unpaired) electrons. The average Bonchev–Trinajstić information content (AvgIpc) is 2.15. The predicted molar refractivity (Wildman–Crippen MR) is 62.9 cm³/mol. The fraction of sp³-hybridized carbons (Fsp3) is 1.00. The second kappa shape index (κ2) is 5.41. The van der Waals surface area contributed by atoms with Crippen molar-refractivity contribution in [3.8, 4) is 0 Å². The highest BCUT2D eigenvalue weighted by Gasteiger charge is 2.36. The maximum Gasteiger partial charge on any atom is 0.251 e. The molecule has 1 saturated carbocycles. The van der Waals surface area contributed by atoms with Gasteiger partial charge in [-0.3, -0.25) is 4.90 Å². The quantitative estimate of drug-likeness (QED) is 0.803. The molecule has 0 aliphatic heterocycles. The molecule has 2 nitrogen and oxygen atoms in total. The van der Waals surface area contributed by atoms with Gasteiger partial charge >= 0.3 is 0 Å². The molecule has 2 unspecified atom stereocenters. The molecular weight excluding hydrogens is 210 g/mol. The first kappa shape index (κ1) is 13.8. The van der Waals surface area contributed by atoms with Gasteiger partial charge in [-0.15, -0.1) is 0 Å². The van der Waals surface area contributed by atoms with E-state index in [2.05, 4.69) is 19.2 Å². The van der Waals surface area contributed by atoms with Crippen molar-refractivity contribution in [2.45, 2.75) is 51.6 Å². The minimum absolute atomic E-state index is 0.126. The van der Waals surface area contributed by atoms with Gasteiger partial charge < -0.3 is 5.32 Å². The van der Waals surface area contributed by atoms with Crippen molar-refractivity contribution in [1.82, 2.24) is 10.2 Å². The van der Waals surface area contributed by atoms with Crippen LogP contribution in [0, 0.1) is 5.41 Å². The third-order valence-electron chi connectivity index (χ3n) is 3.72. The van der Waals surface area contributed by atoms with Crippen molar-refractivity contribution in [2.24, 2.45) is 5.41 Å². The minimum Gasteiger partial charge on any atom is -0.315 e. The van der Waals surface area contributed by atoms with E-state index in [0.29, 0.717) is 6.04 Å². The number of hydrogen-bond acceptors (Lipinski definition) is 2. The lowest BCUT2D eigenvalue weighted by molar-refractivity contribution is 0.0348. The van der Waals surface area contributed by atoms with E-state index < -0.39 is 6.43 Å². The highest BCUT2D eigenvalue weighted by molar-refractivity contribution is 4.93. The zero-order chi connectivity index (χ0) is 12.3. The van der Waals surface area contributed by atoms with Gasteiger partial charge in [0.25, 0.3) is 6.43 Å². The molecule has 0 bridgehead atoms. The fourth-order valence-corrected chi connectivity index (χ4v) is 2.70. The second-order valence-corrected chi connectivity index (χ2v) is 5.70. The first-order chi connectivity index (χ1) is 7.35. The summed E-state index contributed by atoms with van der Waals surface area (Å²) in [7, 11) is 3.73. The molecule has 0 aromatic heterocycles. The number of nitrogens with zero attached hydrogens (tertiary/aromatic N) is 1. The lowest BCUT2D eigenvalue weighted by atomic mass is 9.72. The monoisotopic (exact) mass is 234 g/mol. The van der Waals surface area contributed by atoms with Crippen molar-refractivity contribution >= 4 is 0 Å². The van der Waals surface area contributed by atoms with E-state index in [0.717, 1.165) is 19.3 Å². The summed E-state index contributed by atoms with van der Waals surface area (Å²) in [5.41, 5.74) is 0.272. The molecule has 96 valence electrons. The molecule has 1 aliphatic carbocycles. The van der Waals surface area contributed by atoms with Crippen LogP contribution in [0.15, 0.2) is 0 Å². The maximum absolute atomic E-state index is 12.4. The van der Waals surface area contributed by atoms with E-state index in [4.69, 9.17) is 0 Å². The van der Waals surface area contributed by atoms with Crippen molar-refractivity contribution in [3.05, 3.63) is 0 Å². The molecule has 16 heavy (non-hydrogen) atoms. The Labute approximate surface area is 97.4 Å². The van der Waals surface area contributed by atoms with E-state index in [1.807, 2.05) is 19.0 Å². The van der Waals surface area contributed by atoms with E-state index in [-0.39, 0.29) is 18.0 Å². The normalized spacial score (nSPS) is 30.0. The van der Waals surface area contributed by atoms with E-state index in [1.54, 1.807) is 0 Å². The van der Waals surface area contributed by atoms with Crippen molar-refractivity contribution in [1.29, 1.82) is 0 Å². The summed E-state index contributed by atoms with van der Waals surface area (Å²) >= 11 is 0. The third-order valence-corrected chi connectivity index (χ3v) is 3.72. The van der Waals surface area contributed by atoms with Crippen LogP contribution >= 0.6 is 0 Å². The lowest BCUT2D eigenvalue weighted by Gasteiger charge is -2.44. The summed E-state index contributed by atoms with van der Waals surface area (Å²) in [6.07, 6.45) is 0.980. The van der Waals surface area contributed by atoms with Gasteiger partial charge in [-0.1, -0.05) is 13.8 Å². The summed E-state index contributed by atoms with van der Waals surface area (Å²) in [6.45, 7) is 4.32. The Balaban J connectivity index is 2.64. The molecule has 0 spiro atoms. The number of likely N-dealkylation sites (N-methyl/N-ethyl adjacent to an activating group) is 2. The van der Waals surface area contributed by atoms with Crippen molar-refractivity contribution < 1.29 is 8.78 Å². The van der Waals surface area contributed by atoms with Gasteiger partial charge in [-0.05, 0) is 38.8 Å². The molecule has 0 aromatic carbocycles. The van der Waals surface area contributed by atoms with Crippen LogP contribution in [0.4, 0.5) is 8.78 Å². The Bertz CT molecular complexity index is 219. The predicted octanol–water partition coefficient (Wildman–Crippen LogP) is 2.35. The molecule has 0 saturated heterocycles. The van der Waals surface area contributed by atoms with Crippen LogP contribution in [0.25, 0.3) is 0 Å². The Hall–Kier alpha value is -0.220. The van der Waals surface area contributed by atoms with Crippen molar-refractivity contribution in [3.63, 3.8) is 0 Å². The third kappa shape index (κ3) is 3.67. The van der Waals surface area contributed by atoms with Gasteiger partial charge in [0, 0.05) is 12.1 Å². The molecule has 1 rings (SSSR count). The first-order valence-electron chi connectivity index (χ1n) is 6.01. The van der Waals surface area contributed by atoms with Gasteiger partial charge in [0.05, 0.1) is 6.54 Å². The summed E-state index contributed by atoms with van der Waals surface area (Å²) in [5.74, 6) is 0. The van der Waals surface area contributed by atoms with Crippen LogP contribution in [-0.4, -0.2) is 44.0 Å². The molecule has 1 N–H and O–H groups in total. The number of hydrogen-bond donors (Lipinski definition) is 1. The van der Waals surface area contributed by atoms with Gasteiger partial charge in [0.15, 0.2) is 0 Å². The summed E-state index contributed by atoms with van der Waals surface area (Å²) < 4.78 is 24.8. The summed E-state index contributed by atoms with van der Waals surface area (Å²) in [5, 5.41) is 3.26.